The molecule has 6 nitrogen and oxygen atoms in total. The molecule has 2 aliphatic rings. The lowest BCUT2D eigenvalue weighted by Gasteiger charge is -2.14. The quantitative estimate of drug-likeness (QED) is 0.643. The third-order valence-electron chi connectivity index (χ3n) is 5.76. The summed E-state index contributed by atoms with van der Waals surface area (Å²) in [6.45, 7) is 1.78. The number of cyclic esters (lactones) is 1. The standard InChI is InChI=1S/C25H21NO5/c1-14-12-21(24(28)30-14)31-25(29)22-18-4-2-3-5-20(18)26-23-16(8-11-19(22)23)13-15-6-9-17(27)10-7-15/h2-7,9-10,13-14,21,27H,8,11-12H2,1H3/b16-13-. The number of allylic oxidation sites excluding steroid dienone is 1. The minimum atomic E-state index is -0.876. The van der Waals surface area contributed by atoms with Crippen molar-refractivity contribution in [1.82, 2.24) is 4.98 Å². The van der Waals surface area contributed by atoms with Crippen molar-refractivity contribution in [3.8, 4) is 5.75 Å². The number of aromatic nitrogens is 1. The molecule has 0 saturated carbocycles. The van der Waals surface area contributed by atoms with Crippen molar-refractivity contribution in [3.05, 3.63) is 70.9 Å². The largest absolute Gasteiger partial charge is 0.508 e. The molecule has 1 aliphatic heterocycles. The van der Waals surface area contributed by atoms with Crippen LogP contribution < -0.4 is 0 Å². The number of benzene rings is 2. The predicted molar refractivity (Wildman–Crippen MR) is 115 cm³/mol. The van der Waals surface area contributed by atoms with E-state index in [4.69, 9.17) is 14.5 Å². The first-order chi connectivity index (χ1) is 15.0. The Morgan fingerprint density at radius 3 is 2.68 bits per heavy atom. The number of ether oxygens (including phenoxy) is 2. The third kappa shape index (κ3) is 3.54. The van der Waals surface area contributed by atoms with Gasteiger partial charge in [0.2, 0.25) is 6.10 Å². The fourth-order valence-electron chi connectivity index (χ4n) is 4.29. The van der Waals surface area contributed by atoms with Gasteiger partial charge in [-0.3, -0.25) is 0 Å². The van der Waals surface area contributed by atoms with Crippen LogP contribution >= 0.6 is 0 Å². The van der Waals surface area contributed by atoms with Gasteiger partial charge in [-0.15, -0.1) is 0 Å². The number of rotatable bonds is 3. The number of fused-ring (bicyclic) bond motifs is 2. The molecular weight excluding hydrogens is 394 g/mol. The van der Waals surface area contributed by atoms with Crippen molar-refractivity contribution in [1.29, 1.82) is 0 Å². The van der Waals surface area contributed by atoms with E-state index in [9.17, 15) is 14.7 Å². The SMILES string of the molecule is CC1CC(OC(=O)c2c3c(nc4ccccc24)/C(=C\c2ccc(O)cc2)CC3)C(=O)O1. The van der Waals surface area contributed by atoms with Crippen LogP contribution in [0.1, 0.15) is 46.9 Å². The van der Waals surface area contributed by atoms with Crippen LogP contribution in [-0.2, 0) is 20.7 Å². The number of carbonyl (C=O) groups is 2. The van der Waals surface area contributed by atoms with Crippen LogP contribution in [0.2, 0.25) is 0 Å². The highest BCUT2D eigenvalue weighted by molar-refractivity contribution is 6.07. The molecule has 0 bridgehead atoms. The van der Waals surface area contributed by atoms with E-state index in [0.717, 1.165) is 34.2 Å². The summed E-state index contributed by atoms with van der Waals surface area (Å²) in [4.78, 5) is 30.0. The zero-order valence-electron chi connectivity index (χ0n) is 17.0. The van der Waals surface area contributed by atoms with E-state index < -0.39 is 18.0 Å². The average Bonchev–Trinajstić information content (AvgIpc) is 3.29. The number of hydrogen-bond donors (Lipinski definition) is 1. The average molecular weight is 415 g/mol. The molecule has 6 heteroatoms. The maximum absolute atomic E-state index is 13.2. The van der Waals surface area contributed by atoms with Crippen LogP contribution in [0.3, 0.4) is 0 Å². The van der Waals surface area contributed by atoms with Gasteiger partial charge in [0, 0.05) is 11.8 Å². The maximum atomic E-state index is 13.2. The highest BCUT2D eigenvalue weighted by Crippen LogP contribution is 2.38. The molecule has 5 rings (SSSR count). The maximum Gasteiger partial charge on any atom is 0.347 e. The highest BCUT2D eigenvalue weighted by atomic mass is 16.6. The number of carbonyl (C=O) groups excluding carboxylic acids is 2. The second-order valence-electron chi connectivity index (χ2n) is 7.97. The lowest BCUT2D eigenvalue weighted by molar-refractivity contribution is -0.147. The Morgan fingerprint density at radius 2 is 1.94 bits per heavy atom. The summed E-state index contributed by atoms with van der Waals surface area (Å²) in [5, 5.41) is 10.2. The fourth-order valence-corrected chi connectivity index (χ4v) is 4.29. The summed E-state index contributed by atoms with van der Waals surface area (Å²) in [5.74, 6) is -0.802. The van der Waals surface area contributed by atoms with E-state index in [1.807, 2.05) is 42.5 Å². The van der Waals surface area contributed by atoms with Crippen molar-refractivity contribution < 1.29 is 24.2 Å². The summed E-state index contributed by atoms with van der Waals surface area (Å²) in [5.41, 5.74) is 4.77. The van der Waals surface area contributed by atoms with Crippen LogP contribution in [0.4, 0.5) is 0 Å². The van der Waals surface area contributed by atoms with Crippen molar-refractivity contribution in [2.24, 2.45) is 0 Å². The van der Waals surface area contributed by atoms with E-state index >= 15 is 0 Å². The third-order valence-corrected chi connectivity index (χ3v) is 5.76. The van der Waals surface area contributed by atoms with Crippen LogP contribution in [0.25, 0.3) is 22.6 Å². The van der Waals surface area contributed by atoms with Gasteiger partial charge in [0.1, 0.15) is 11.9 Å². The van der Waals surface area contributed by atoms with Crippen molar-refractivity contribution in [2.75, 3.05) is 0 Å². The molecule has 156 valence electrons. The Morgan fingerprint density at radius 1 is 1.16 bits per heavy atom. The summed E-state index contributed by atoms with van der Waals surface area (Å²) in [7, 11) is 0. The molecule has 2 heterocycles. The normalized spacial score (nSPS) is 21.3. The van der Waals surface area contributed by atoms with Gasteiger partial charge < -0.3 is 14.6 Å². The smallest absolute Gasteiger partial charge is 0.347 e. The monoisotopic (exact) mass is 415 g/mol. The minimum absolute atomic E-state index is 0.211. The van der Waals surface area contributed by atoms with E-state index in [1.54, 1.807) is 19.1 Å². The topological polar surface area (TPSA) is 85.7 Å². The second kappa shape index (κ2) is 7.54. The van der Waals surface area contributed by atoms with Gasteiger partial charge in [0.25, 0.3) is 0 Å². The van der Waals surface area contributed by atoms with E-state index in [2.05, 4.69) is 0 Å². The van der Waals surface area contributed by atoms with Gasteiger partial charge in [-0.25, -0.2) is 14.6 Å². The number of para-hydroxylation sites is 1. The van der Waals surface area contributed by atoms with Gasteiger partial charge in [-0.2, -0.15) is 0 Å². The first-order valence-electron chi connectivity index (χ1n) is 10.3. The molecule has 2 atom stereocenters. The van der Waals surface area contributed by atoms with Crippen LogP contribution in [0.15, 0.2) is 48.5 Å². The van der Waals surface area contributed by atoms with Gasteiger partial charge in [0.05, 0.1) is 16.8 Å². The van der Waals surface area contributed by atoms with Crippen LogP contribution in [0, 0.1) is 0 Å². The molecule has 2 unspecified atom stereocenters. The Hall–Kier alpha value is -3.67. The molecule has 2 aromatic carbocycles. The molecular formula is C25H21NO5. The first-order valence-corrected chi connectivity index (χ1v) is 10.3. The molecule has 0 spiro atoms. The molecule has 1 N–H and O–H groups in total. The fraction of sp³-hybridized carbons (Fsp3) is 0.240. The highest BCUT2D eigenvalue weighted by Gasteiger charge is 2.37. The van der Waals surface area contributed by atoms with Gasteiger partial charge >= 0.3 is 11.9 Å². The molecule has 31 heavy (non-hydrogen) atoms. The number of phenols is 1. The number of pyridine rings is 1. The predicted octanol–water partition coefficient (Wildman–Crippen LogP) is 4.29. The van der Waals surface area contributed by atoms with E-state index in [-0.39, 0.29) is 11.9 Å². The lowest BCUT2D eigenvalue weighted by Crippen LogP contribution is -2.23. The van der Waals surface area contributed by atoms with E-state index in [1.165, 1.54) is 0 Å². The van der Waals surface area contributed by atoms with Gasteiger partial charge in [0.15, 0.2) is 0 Å². The summed E-state index contributed by atoms with van der Waals surface area (Å²) in [6, 6.07) is 14.4. The van der Waals surface area contributed by atoms with Crippen LogP contribution in [0.5, 0.6) is 5.75 Å². The number of phenolic OH excluding ortho intramolecular Hbond substituents is 1. The zero-order valence-corrected chi connectivity index (χ0v) is 17.0. The Kier molecular flexibility index (Phi) is 4.70. The second-order valence-corrected chi connectivity index (χ2v) is 7.97. The molecule has 3 aromatic rings. The Balaban J connectivity index is 1.58. The molecule has 1 aliphatic carbocycles. The Bertz CT molecular complexity index is 1230. The molecule has 1 aromatic heterocycles. The van der Waals surface area contributed by atoms with E-state index in [0.29, 0.717) is 23.9 Å². The van der Waals surface area contributed by atoms with Gasteiger partial charge in [-0.1, -0.05) is 30.3 Å². The molecule has 0 radical (unpaired) electrons. The number of nitrogens with zero attached hydrogens (tertiary/aromatic N) is 1. The van der Waals surface area contributed by atoms with Crippen molar-refractivity contribution >= 4 is 34.5 Å². The Labute approximate surface area is 179 Å². The van der Waals surface area contributed by atoms with Gasteiger partial charge in [-0.05, 0) is 60.7 Å². The van der Waals surface area contributed by atoms with Crippen molar-refractivity contribution in [3.63, 3.8) is 0 Å². The number of esters is 2. The van der Waals surface area contributed by atoms with Crippen LogP contribution in [-0.4, -0.2) is 34.2 Å². The van der Waals surface area contributed by atoms with Crippen molar-refractivity contribution in [2.45, 2.75) is 38.4 Å². The minimum Gasteiger partial charge on any atom is -0.508 e. The number of hydrogen-bond acceptors (Lipinski definition) is 6. The molecule has 0 amide bonds. The molecule has 1 saturated heterocycles. The zero-order chi connectivity index (χ0) is 21.5. The number of aromatic hydroxyl groups is 1. The molecule has 1 fully saturated rings. The lowest BCUT2D eigenvalue weighted by atomic mass is 10.0. The first kappa shape index (κ1) is 19.3. The summed E-state index contributed by atoms with van der Waals surface area (Å²) >= 11 is 0. The summed E-state index contributed by atoms with van der Waals surface area (Å²) < 4.78 is 10.7. The summed E-state index contributed by atoms with van der Waals surface area (Å²) in [6.07, 6.45) is 2.65.